The summed E-state index contributed by atoms with van der Waals surface area (Å²) in [5.74, 6) is 2.11. The summed E-state index contributed by atoms with van der Waals surface area (Å²) < 4.78 is 27.1. The molecule has 1 aromatic carbocycles. The third kappa shape index (κ3) is 3.33. The van der Waals surface area contributed by atoms with Crippen molar-refractivity contribution in [3.8, 4) is 17.2 Å². The molecule has 0 radical (unpaired) electrons. The minimum atomic E-state index is -0.392. The van der Waals surface area contributed by atoms with Gasteiger partial charge in [0.15, 0.2) is 11.5 Å². The SMILES string of the molecule is COc1cc(C(=O)N2N=C(c3ccco3)CC2c2ccco2)cc(OC)c1OC. The number of hydrogen-bond donors (Lipinski definition) is 0. The van der Waals surface area contributed by atoms with Crippen molar-refractivity contribution in [3.05, 3.63) is 66.0 Å². The van der Waals surface area contributed by atoms with E-state index < -0.39 is 6.04 Å². The molecule has 1 amide bonds. The highest BCUT2D eigenvalue weighted by atomic mass is 16.5. The van der Waals surface area contributed by atoms with Crippen molar-refractivity contribution in [2.45, 2.75) is 12.5 Å². The molecule has 0 saturated carbocycles. The predicted molar refractivity (Wildman–Crippen MR) is 104 cm³/mol. The molecular formula is C21H20N2O6. The molecule has 2 aromatic heterocycles. The van der Waals surface area contributed by atoms with Crippen LogP contribution in [0.15, 0.2) is 62.9 Å². The molecule has 0 N–H and O–H groups in total. The van der Waals surface area contributed by atoms with Crippen molar-refractivity contribution in [2.75, 3.05) is 21.3 Å². The second kappa shape index (κ2) is 7.75. The number of rotatable bonds is 6. The first-order chi connectivity index (χ1) is 14.2. The normalized spacial score (nSPS) is 15.9. The second-order valence-corrected chi connectivity index (χ2v) is 6.32. The summed E-state index contributed by atoms with van der Waals surface area (Å²) in [5.41, 5.74) is 1.01. The van der Waals surface area contributed by atoms with Crippen LogP contribution in [0.1, 0.15) is 34.3 Å². The van der Waals surface area contributed by atoms with Crippen molar-refractivity contribution in [1.82, 2.24) is 5.01 Å². The average Bonchev–Trinajstić information content (AvgIpc) is 3.51. The zero-order valence-electron chi connectivity index (χ0n) is 16.2. The zero-order chi connectivity index (χ0) is 20.4. The highest BCUT2D eigenvalue weighted by molar-refractivity contribution is 6.03. The van der Waals surface area contributed by atoms with Gasteiger partial charge in [-0.2, -0.15) is 5.10 Å². The van der Waals surface area contributed by atoms with Gasteiger partial charge in [0.05, 0.1) is 33.9 Å². The Kier molecular flexibility index (Phi) is 4.99. The van der Waals surface area contributed by atoms with Gasteiger partial charge in [-0.05, 0) is 36.4 Å². The summed E-state index contributed by atoms with van der Waals surface area (Å²) in [5, 5.41) is 5.93. The lowest BCUT2D eigenvalue weighted by molar-refractivity contribution is 0.0692. The maximum atomic E-state index is 13.4. The molecule has 0 spiro atoms. The van der Waals surface area contributed by atoms with Crippen LogP contribution in [-0.4, -0.2) is 38.0 Å². The first-order valence-electron chi connectivity index (χ1n) is 8.94. The Labute approximate surface area is 167 Å². The topological polar surface area (TPSA) is 86.6 Å². The zero-order valence-corrected chi connectivity index (χ0v) is 16.2. The lowest BCUT2D eigenvalue weighted by Crippen LogP contribution is -2.27. The molecule has 1 unspecified atom stereocenters. The molecule has 1 aliphatic rings. The first kappa shape index (κ1) is 18.7. The number of carbonyl (C=O) groups is 1. The second-order valence-electron chi connectivity index (χ2n) is 6.32. The van der Waals surface area contributed by atoms with Gasteiger partial charge in [-0.15, -0.1) is 0 Å². The van der Waals surface area contributed by atoms with Crippen LogP contribution in [0.25, 0.3) is 0 Å². The molecule has 0 saturated heterocycles. The third-order valence-corrected chi connectivity index (χ3v) is 4.71. The third-order valence-electron chi connectivity index (χ3n) is 4.71. The molecule has 8 heteroatoms. The smallest absolute Gasteiger partial charge is 0.274 e. The van der Waals surface area contributed by atoms with Crippen LogP contribution in [-0.2, 0) is 0 Å². The van der Waals surface area contributed by atoms with E-state index in [0.29, 0.717) is 46.5 Å². The van der Waals surface area contributed by atoms with Crippen LogP contribution in [0.3, 0.4) is 0 Å². The first-order valence-corrected chi connectivity index (χ1v) is 8.94. The van der Waals surface area contributed by atoms with E-state index >= 15 is 0 Å². The maximum Gasteiger partial charge on any atom is 0.274 e. The van der Waals surface area contributed by atoms with Gasteiger partial charge in [-0.25, -0.2) is 5.01 Å². The van der Waals surface area contributed by atoms with Crippen LogP contribution in [0.2, 0.25) is 0 Å². The van der Waals surface area contributed by atoms with E-state index in [1.54, 1.807) is 36.8 Å². The minimum Gasteiger partial charge on any atom is -0.493 e. The van der Waals surface area contributed by atoms with Gasteiger partial charge in [0.25, 0.3) is 5.91 Å². The van der Waals surface area contributed by atoms with Gasteiger partial charge in [0.2, 0.25) is 5.75 Å². The van der Waals surface area contributed by atoms with Crippen LogP contribution in [0.4, 0.5) is 0 Å². The Balaban J connectivity index is 1.75. The van der Waals surface area contributed by atoms with Crippen LogP contribution >= 0.6 is 0 Å². The predicted octanol–water partition coefficient (Wildman–Crippen LogP) is 3.89. The van der Waals surface area contributed by atoms with Crippen molar-refractivity contribution in [3.63, 3.8) is 0 Å². The molecule has 0 fully saturated rings. The Morgan fingerprint density at radius 1 is 1.03 bits per heavy atom. The summed E-state index contributed by atoms with van der Waals surface area (Å²) in [6.07, 6.45) is 3.61. The maximum absolute atomic E-state index is 13.4. The number of methoxy groups -OCH3 is 3. The molecule has 0 aliphatic carbocycles. The molecule has 1 atom stereocenters. The van der Waals surface area contributed by atoms with Gasteiger partial charge >= 0.3 is 0 Å². The van der Waals surface area contributed by atoms with Crippen molar-refractivity contribution in [1.29, 1.82) is 0 Å². The molecule has 8 nitrogen and oxygen atoms in total. The number of hydrogen-bond acceptors (Lipinski definition) is 7. The lowest BCUT2D eigenvalue weighted by Gasteiger charge is -2.21. The molecule has 1 aliphatic heterocycles. The standard InChI is InChI=1S/C21H20N2O6/c1-25-18-10-13(11-19(26-2)20(18)27-3)21(24)23-15(17-7-5-9-29-17)12-14(22-23)16-6-4-8-28-16/h4-11,15H,12H2,1-3H3. The van der Waals surface area contributed by atoms with E-state index in [1.807, 2.05) is 12.1 Å². The van der Waals surface area contributed by atoms with E-state index in [-0.39, 0.29) is 5.91 Å². The van der Waals surface area contributed by atoms with E-state index in [2.05, 4.69) is 5.10 Å². The molecule has 150 valence electrons. The Morgan fingerprint density at radius 2 is 1.72 bits per heavy atom. The van der Waals surface area contributed by atoms with Gasteiger partial charge in [-0.3, -0.25) is 4.79 Å². The molecule has 3 aromatic rings. The average molecular weight is 396 g/mol. The quantitative estimate of drug-likeness (QED) is 0.628. The van der Waals surface area contributed by atoms with E-state index in [1.165, 1.54) is 26.3 Å². The number of ether oxygens (including phenoxy) is 3. The van der Waals surface area contributed by atoms with Crippen molar-refractivity contribution >= 4 is 11.6 Å². The monoisotopic (exact) mass is 396 g/mol. The molecule has 4 rings (SSSR count). The summed E-state index contributed by atoms with van der Waals surface area (Å²) in [4.78, 5) is 13.4. The van der Waals surface area contributed by atoms with Crippen molar-refractivity contribution in [2.24, 2.45) is 5.10 Å². The largest absolute Gasteiger partial charge is 0.493 e. The fourth-order valence-electron chi connectivity index (χ4n) is 3.33. The van der Waals surface area contributed by atoms with Crippen molar-refractivity contribution < 1.29 is 27.8 Å². The summed E-state index contributed by atoms with van der Waals surface area (Å²) >= 11 is 0. The summed E-state index contributed by atoms with van der Waals surface area (Å²) in [7, 11) is 4.51. The molecule has 3 heterocycles. The molecule has 29 heavy (non-hydrogen) atoms. The highest BCUT2D eigenvalue weighted by Gasteiger charge is 2.36. The fraction of sp³-hybridized carbons (Fsp3) is 0.238. The molecule has 0 bridgehead atoms. The summed E-state index contributed by atoms with van der Waals surface area (Å²) in [6, 6.07) is 10.0. The van der Waals surface area contributed by atoms with E-state index in [4.69, 9.17) is 23.0 Å². The van der Waals surface area contributed by atoms with Gasteiger partial charge in [0, 0.05) is 12.0 Å². The van der Waals surface area contributed by atoms with Crippen LogP contribution in [0.5, 0.6) is 17.2 Å². The van der Waals surface area contributed by atoms with E-state index in [9.17, 15) is 4.79 Å². The van der Waals surface area contributed by atoms with Gasteiger partial charge < -0.3 is 23.0 Å². The lowest BCUT2D eigenvalue weighted by atomic mass is 10.1. The number of amides is 1. The minimum absolute atomic E-state index is 0.327. The highest BCUT2D eigenvalue weighted by Crippen LogP contribution is 2.40. The number of nitrogens with zero attached hydrogens (tertiary/aromatic N) is 2. The molecular weight excluding hydrogens is 376 g/mol. The Bertz CT molecular complexity index is 999. The van der Waals surface area contributed by atoms with E-state index in [0.717, 1.165) is 0 Å². The number of furan rings is 2. The van der Waals surface area contributed by atoms with Crippen LogP contribution < -0.4 is 14.2 Å². The number of carbonyl (C=O) groups excluding carboxylic acids is 1. The number of benzene rings is 1. The van der Waals surface area contributed by atoms with Crippen LogP contribution in [0, 0.1) is 0 Å². The summed E-state index contributed by atoms with van der Waals surface area (Å²) in [6.45, 7) is 0. The fourth-order valence-corrected chi connectivity index (χ4v) is 3.33. The Hall–Kier alpha value is -3.68. The van der Waals surface area contributed by atoms with Gasteiger partial charge in [-0.1, -0.05) is 0 Å². The van der Waals surface area contributed by atoms with Gasteiger partial charge in [0.1, 0.15) is 23.3 Å². The Morgan fingerprint density at radius 3 is 2.28 bits per heavy atom. The number of hydrazone groups is 1.